The molecule has 2 heterocycles. The van der Waals surface area contributed by atoms with E-state index in [1.165, 1.54) is 0 Å². The predicted octanol–water partition coefficient (Wildman–Crippen LogP) is 6.62. The second-order valence-electron chi connectivity index (χ2n) is 17.6. The molecule has 6 rings (SSSR count). The number of fused-ring (bicyclic) bond motifs is 3. The SMILES string of the molecule is Cc1ncsc1-c1ccc(CNC(=O)[C@@H]2C[C@@H](OC(C)(C)C)CN2C(=O)[C@@H](NC(=O)COCCOCCNC(=O)OCC2c3ccccc3-c3ccccc32)C(C)(C)C)cc1. The molecule has 0 spiro atoms. The fourth-order valence-corrected chi connectivity index (χ4v) is 8.62. The van der Waals surface area contributed by atoms with Crippen LogP contribution in [0, 0.1) is 12.3 Å². The number of ether oxygens (including phenoxy) is 4. The molecule has 13 nitrogen and oxygen atoms in total. The molecule has 1 aliphatic carbocycles. The van der Waals surface area contributed by atoms with Gasteiger partial charge in [0, 0.05) is 32.0 Å². The summed E-state index contributed by atoms with van der Waals surface area (Å²) in [7, 11) is 0. The van der Waals surface area contributed by atoms with Crippen molar-refractivity contribution in [3.05, 3.63) is 101 Å². The monoisotopic (exact) mass is 853 g/mol. The first-order valence-electron chi connectivity index (χ1n) is 20.9. The van der Waals surface area contributed by atoms with Crippen molar-refractivity contribution in [2.45, 2.75) is 91.1 Å². The summed E-state index contributed by atoms with van der Waals surface area (Å²) in [5.41, 5.74) is 8.24. The Bertz CT molecular complexity index is 2100. The summed E-state index contributed by atoms with van der Waals surface area (Å²) in [6, 6.07) is 22.6. The van der Waals surface area contributed by atoms with Crippen molar-refractivity contribution in [3.63, 3.8) is 0 Å². The number of benzene rings is 3. The highest BCUT2D eigenvalue weighted by atomic mass is 32.1. The van der Waals surface area contributed by atoms with Crippen LogP contribution in [-0.2, 0) is 39.9 Å². The third-order valence-electron chi connectivity index (χ3n) is 10.7. The van der Waals surface area contributed by atoms with Crippen molar-refractivity contribution in [2.24, 2.45) is 5.41 Å². The van der Waals surface area contributed by atoms with Gasteiger partial charge in [0.25, 0.3) is 0 Å². The van der Waals surface area contributed by atoms with Gasteiger partial charge < -0.3 is 39.8 Å². The summed E-state index contributed by atoms with van der Waals surface area (Å²) in [6.07, 6.45) is -0.563. The van der Waals surface area contributed by atoms with Gasteiger partial charge in [-0.2, -0.15) is 0 Å². The topological polar surface area (TPSA) is 157 Å². The van der Waals surface area contributed by atoms with Gasteiger partial charge in [-0.25, -0.2) is 9.78 Å². The molecule has 1 aromatic heterocycles. The van der Waals surface area contributed by atoms with Crippen molar-refractivity contribution in [1.29, 1.82) is 0 Å². The van der Waals surface area contributed by atoms with Crippen molar-refractivity contribution in [1.82, 2.24) is 25.8 Å². The Labute approximate surface area is 362 Å². The van der Waals surface area contributed by atoms with Crippen LogP contribution in [0.2, 0.25) is 0 Å². The number of aryl methyl sites for hydroxylation is 1. The highest BCUT2D eigenvalue weighted by molar-refractivity contribution is 7.13. The maximum atomic E-state index is 14.3. The minimum Gasteiger partial charge on any atom is -0.449 e. The largest absolute Gasteiger partial charge is 0.449 e. The highest BCUT2D eigenvalue weighted by Gasteiger charge is 2.46. The Morgan fingerprint density at radius 1 is 0.852 bits per heavy atom. The molecule has 0 saturated carbocycles. The fourth-order valence-electron chi connectivity index (χ4n) is 7.81. The maximum absolute atomic E-state index is 14.3. The van der Waals surface area contributed by atoms with Crippen LogP contribution in [0.3, 0.4) is 0 Å². The molecule has 0 bridgehead atoms. The molecule has 1 fully saturated rings. The van der Waals surface area contributed by atoms with Gasteiger partial charge in [-0.05, 0) is 66.5 Å². The van der Waals surface area contributed by atoms with Gasteiger partial charge >= 0.3 is 6.09 Å². The fraction of sp³-hybridized carbons (Fsp3) is 0.468. The standard InChI is InChI=1S/C47H59N5O8S/c1-30-41(61-29-50-30)32-18-16-31(17-19-32)25-49-43(54)39-24-33(60-47(5,6)7)26-52(39)44(55)42(46(2,3)4)51-40(53)28-58-23-22-57-21-20-48-45(56)59-27-38-36-14-10-8-12-34(36)35-13-9-11-15-37(35)38/h8-19,29,33,38-39,42H,20-28H2,1-7H3,(H,48,56)(H,49,54)(H,51,53)/t33-,39+,42-/m1/s1. The molecule has 326 valence electrons. The first kappa shape index (κ1) is 45.4. The lowest BCUT2D eigenvalue weighted by Gasteiger charge is -2.35. The number of aromatic nitrogens is 1. The van der Waals surface area contributed by atoms with E-state index >= 15 is 0 Å². The Kier molecular flexibility index (Phi) is 15.0. The minimum atomic E-state index is -0.935. The zero-order valence-electron chi connectivity index (χ0n) is 36.2. The highest BCUT2D eigenvalue weighted by Crippen LogP contribution is 2.44. The molecule has 4 amide bonds. The van der Waals surface area contributed by atoms with E-state index in [1.807, 2.05) is 103 Å². The van der Waals surface area contributed by atoms with Crippen molar-refractivity contribution >= 4 is 35.2 Å². The lowest BCUT2D eigenvalue weighted by atomic mass is 9.85. The number of rotatable bonds is 17. The summed E-state index contributed by atoms with van der Waals surface area (Å²) in [5, 5.41) is 8.61. The molecule has 4 aromatic rings. The van der Waals surface area contributed by atoms with Gasteiger partial charge in [0.05, 0.1) is 47.6 Å². The van der Waals surface area contributed by atoms with Crippen molar-refractivity contribution < 1.29 is 38.1 Å². The number of hydrogen-bond acceptors (Lipinski definition) is 10. The summed E-state index contributed by atoms with van der Waals surface area (Å²) < 4.78 is 23.0. The van der Waals surface area contributed by atoms with E-state index in [2.05, 4.69) is 45.2 Å². The Morgan fingerprint density at radius 3 is 2.13 bits per heavy atom. The summed E-state index contributed by atoms with van der Waals surface area (Å²) in [6.45, 7) is 14.6. The molecule has 14 heteroatoms. The zero-order chi connectivity index (χ0) is 43.7. The molecule has 3 atom stereocenters. The van der Waals surface area contributed by atoms with E-state index in [4.69, 9.17) is 18.9 Å². The first-order valence-corrected chi connectivity index (χ1v) is 21.8. The van der Waals surface area contributed by atoms with Crippen LogP contribution < -0.4 is 16.0 Å². The van der Waals surface area contributed by atoms with Crippen molar-refractivity contribution in [2.75, 3.05) is 46.1 Å². The summed E-state index contributed by atoms with van der Waals surface area (Å²) in [5.74, 6) is -1.14. The number of nitrogens with one attached hydrogen (secondary N) is 3. The van der Waals surface area contributed by atoms with Crippen molar-refractivity contribution in [3.8, 4) is 21.6 Å². The smallest absolute Gasteiger partial charge is 0.407 e. The van der Waals surface area contributed by atoms with Crippen LogP contribution in [0.25, 0.3) is 21.6 Å². The Balaban J connectivity index is 0.929. The second kappa shape index (κ2) is 20.1. The van der Waals surface area contributed by atoms with Gasteiger partial charge in [-0.3, -0.25) is 14.4 Å². The van der Waals surface area contributed by atoms with Crippen LogP contribution in [0.15, 0.2) is 78.3 Å². The van der Waals surface area contributed by atoms with E-state index < -0.39 is 35.1 Å². The average Bonchev–Trinajstić information content (AvgIpc) is 3.93. The van der Waals surface area contributed by atoms with E-state index in [9.17, 15) is 19.2 Å². The molecular weight excluding hydrogens is 795 g/mol. The summed E-state index contributed by atoms with van der Waals surface area (Å²) in [4.78, 5) is 60.7. The number of amides is 4. The molecule has 1 saturated heterocycles. The molecule has 3 N–H and O–H groups in total. The zero-order valence-corrected chi connectivity index (χ0v) is 37.1. The second-order valence-corrected chi connectivity index (χ2v) is 18.4. The summed E-state index contributed by atoms with van der Waals surface area (Å²) >= 11 is 1.59. The lowest BCUT2D eigenvalue weighted by Crippen LogP contribution is -2.58. The Hall–Kier alpha value is -5.15. The molecule has 0 radical (unpaired) electrons. The molecule has 2 aliphatic rings. The number of nitrogens with zero attached hydrogens (tertiary/aromatic N) is 2. The number of hydrogen-bond donors (Lipinski definition) is 3. The predicted molar refractivity (Wildman–Crippen MR) is 235 cm³/mol. The van der Waals surface area contributed by atoms with Crippen LogP contribution in [0.4, 0.5) is 4.79 Å². The number of carbonyl (C=O) groups excluding carboxylic acids is 4. The molecule has 1 aliphatic heterocycles. The van der Waals surface area contributed by atoms with Gasteiger partial charge in [-0.1, -0.05) is 93.6 Å². The molecule has 0 unspecified atom stereocenters. The normalized spacial score (nSPS) is 16.7. The van der Waals surface area contributed by atoms with Gasteiger partial charge in [0.1, 0.15) is 25.3 Å². The number of carbonyl (C=O) groups is 4. The average molecular weight is 854 g/mol. The minimum absolute atomic E-state index is 0.0237. The lowest BCUT2D eigenvalue weighted by molar-refractivity contribution is -0.145. The number of thiazole rings is 1. The van der Waals surface area contributed by atoms with E-state index in [1.54, 1.807) is 16.2 Å². The quantitative estimate of drug-likeness (QED) is 0.0994. The Morgan fingerprint density at radius 2 is 1.51 bits per heavy atom. The van der Waals surface area contributed by atoms with E-state index in [-0.39, 0.29) is 70.0 Å². The first-order chi connectivity index (χ1) is 29.1. The van der Waals surface area contributed by atoms with Crippen LogP contribution in [0.5, 0.6) is 0 Å². The van der Waals surface area contributed by atoms with Crippen LogP contribution in [0.1, 0.15) is 76.3 Å². The molecule has 61 heavy (non-hydrogen) atoms. The van der Waals surface area contributed by atoms with Gasteiger partial charge in [-0.15, -0.1) is 11.3 Å². The van der Waals surface area contributed by atoms with E-state index in [0.717, 1.165) is 44.0 Å². The van der Waals surface area contributed by atoms with Gasteiger partial charge in [0.2, 0.25) is 17.7 Å². The van der Waals surface area contributed by atoms with Gasteiger partial charge in [0.15, 0.2) is 0 Å². The van der Waals surface area contributed by atoms with E-state index in [0.29, 0.717) is 13.0 Å². The molecule has 3 aromatic carbocycles. The number of alkyl carbamates (subject to hydrolysis) is 1. The molecular formula is C47H59N5O8S. The number of likely N-dealkylation sites (tertiary alicyclic amines) is 1. The van der Waals surface area contributed by atoms with Crippen LogP contribution in [-0.4, -0.2) is 104 Å². The maximum Gasteiger partial charge on any atom is 0.407 e. The third-order valence-corrected chi connectivity index (χ3v) is 11.7. The third kappa shape index (κ3) is 12.0. The van der Waals surface area contributed by atoms with Crippen LogP contribution >= 0.6 is 11.3 Å².